The first kappa shape index (κ1) is 25.5. The van der Waals surface area contributed by atoms with Gasteiger partial charge in [0.05, 0.1) is 12.8 Å². The van der Waals surface area contributed by atoms with Crippen molar-refractivity contribution in [2.24, 2.45) is 0 Å². The van der Waals surface area contributed by atoms with Crippen molar-refractivity contribution >= 4 is 23.7 Å². The van der Waals surface area contributed by atoms with E-state index in [1.165, 1.54) is 82.4 Å². The van der Waals surface area contributed by atoms with Crippen LogP contribution in [0.2, 0.25) is 0 Å². The number of thioether (sulfide) groups is 1. The Labute approximate surface area is 152 Å². The van der Waals surface area contributed by atoms with Gasteiger partial charge in [0.15, 0.2) is 0 Å². The van der Waals surface area contributed by atoms with Gasteiger partial charge in [0.25, 0.3) is 0 Å². The highest BCUT2D eigenvalue weighted by molar-refractivity contribution is 7.99. The van der Waals surface area contributed by atoms with Crippen molar-refractivity contribution in [2.75, 3.05) is 11.5 Å². The van der Waals surface area contributed by atoms with Gasteiger partial charge >= 0.3 is 11.9 Å². The van der Waals surface area contributed by atoms with Crippen molar-refractivity contribution in [1.29, 1.82) is 0 Å². The van der Waals surface area contributed by atoms with Gasteiger partial charge in [0.2, 0.25) is 0 Å². The summed E-state index contributed by atoms with van der Waals surface area (Å²) in [6.45, 7) is 4.56. The molecule has 24 heavy (non-hydrogen) atoms. The molecule has 0 spiro atoms. The van der Waals surface area contributed by atoms with Crippen LogP contribution in [0.1, 0.15) is 97.3 Å². The first-order valence-electron chi connectivity index (χ1n) is 9.55. The number of carboxylic acids is 2. The van der Waals surface area contributed by atoms with Crippen LogP contribution < -0.4 is 0 Å². The molecule has 0 radical (unpaired) electrons. The van der Waals surface area contributed by atoms with Crippen LogP contribution >= 0.6 is 11.8 Å². The Bertz CT molecular complexity index is 257. The second-order valence-electron chi connectivity index (χ2n) is 6.08. The van der Waals surface area contributed by atoms with Gasteiger partial charge in [-0.05, 0) is 0 Å². The van der Waals surface area contributed by atoms with Crippen LogP contribution in [-0.2, 0) is 9.59 Å². The van der Waals surface area contributed by atoms with E-state index < -0.39 is 11.9 Å². The molecule has 0 bridgehead atoms. The smallest absolute Gasteiger partial charge is 0.304 e. The Morgan fingerprint density at radius 3 is 1.17 bits per heavy atom. The van der Waals surface area contributed by atoms with Gasteiger partial charge < -0.3 is 10.2 Å². The molecule has 0 aliphatic heterocycles. The largest absolute Gasteiger partial charge is 0.481 e. The normalized spacial score (nSPS) is 10.1. The summed E-state index contributed by atoms with van der Waals surface area (Å²) in [6.07, 6.45) is 16.1. The van der Waals surface area contributed by atoms with Crippen LogP contribution in [0, 0.1) is 0 Å². The van der Waals surface area contributed by atoms with Gasteiger partial charge in [0.1, 0.15) is 0 Å². The van der Waals surface area contributed by atoms with E-state index >= 15 is 0 Å². The predicted octanol–water partition coefficient (Wildman–Crippen LogP) is 5.99. The molecule has 0 amide bonds. The van der Waals surface area contributed by atoms with Crippen molar-refractivity contribution in [3.05, 3.63) is 0 Å². The molecule has 2 N–H and O–H groups in total. The Morgan fingerprint density at radius 2 is 0.917 bits per heavy atom. The summed E-state index contributed by atoms with van der Waals surface area (Å²) in [4.78, 5) is 19.9. The molecule has 0 heterocycles. The molecule has 0 aromatic rings. The fourth-order valence-corrected chi connectivity index (χ4v) is 3.00. The molecule has 0 aliphatic rings. The summed E-state index contributed by atoms with van der Waals surface area (Å²) in [5.41, 5.74) is 0. The van der Waals surface area contributed by atoms with E-state index in [-0.39, 0.29) is 12.8 Å². The highest BCUT2D eigenvalue weighted by Gasteiger charge is 1.98. The number of aliphatic carboxylic acids is 2. The molecule has 4 nitrogen and oxygen atoms in total. The lowest BCUT2D eigenvalue weighted by molar-refractivity contribution is -0.137. The molecule has 0 aliphatic carbocycles. The van der Waals surface area contributed by atoms with E-state index in [9.17, 15) is 9.59 Å². The minimum Gasteiger partial charge on any atom is -0.481 e. The zero-order valence-corrected chi connectivity index (χ0v) is 16.5. The average molecular weight is 363 g/mol. The molecule has 0 fully saturated rings. The lowest BCUT2D eigenvalue weighted by Crippen LogP contribution is -1.99. The highest BCUT2D eigenvalue weighted by Crippen LogP contribution is 2.10. The van der Waals surface area contributed by atoms with E-state index in [4.69, 9.17) is 10.2 Å². The van der Waals surface area contributed by atoms with E-state index in [1.54, 1.807) is 0 Å². The summed E-state index contributed by atoms with van der Waals surface area (Å²) < 4.78 is 0. The third-order valence-electron chi connectivity index (χ3n) is 3.63. The van der Waals surface area contributed by atoms with Crippen LogP contribution in [0.15, 0.2) is 0 Å². The van der Waals surface area contributed by atoms with Crippen molar-refractivity contribution in [3.63, 3.8) is 0 Å². The van der Waals surface area contributed by atoms with Crippen molar-refractivity contribution < 1.29 is 19.8 Å². The molecule has 0 unspecified atom stereocenters. The number of carbonyl (C=O) groups is 2. The quantitative estimate of drug-likeness (QED) is 0.330. The summed E-state index contributed by atoms with van der Waals surface area (Å²) in [5.74, 6) is -0.703. The zero-order valence-electron chi connectivity index (χ0n) is 15.7. The minimum absolute atomic E-state index is 0.101. The monoisotopic (exact) mass is 362 g/mol. The van der Waals surface area contributed by atoms with Gasteiger partial charge in [0, 0.05) is 11.5 Å². The number of hydrogen-bond acceptors (Lipinski definition) is 3. The van der Waals surface area contributed by atoms with Gasteiger partial charge in [-0.2, -0.15) is 11.8 Å². The molecular formula is C19H38O4S. The standard InChI is InChI=1S/C13H28.C6H10O4S/c1-3-5-7-9-11-13-12-10-8-6-4-2;7-5(8)1-3-11-4-2-6(9)10/h3-13H2,1-2H3;1-4H2,(H,7,8)(H,9,10). The lowest BCUT2D eigenvalue weighted by atomic mass is 10.1. The first-order chi connectivity index (χ1) is 11.5. The summed E-state index contributed by atoms with van der Waals surface area (Å²) in [6, 6.07) is 0. The second kappa shape index (κ2) is 22.3. The predicted molar refractivity (Wildman–Crippen MR) is 104 cm³/mol. The Kier molecular flexibility index (Phi) is 23.7. The number of rotatable bonds is 16. The SMILES string of the molecule is CCCCCCCCCCCCC.O=C(O)CCSCCC(=O)O. The molecule has 0 saturated carbocycles. The van der Waals surface area contributed by atoms with Crippen LogP contribution in [0.3, 0.4) is 0 Å². The Balaban J connectivity index is 0. The Hall–Kier alpha value is -0.710. The van der Waals surface area contributed by atoms with Crippen molar-refractivity contribution in [2.45, 2.75) is 97.3 Å². The van der Waals surface area contributed by atoms with Crippen LogP contribution in [-0.4, -0.2) is 33.7 Å². The lowest BCUT2D eigenvalue weighted by Gasteiger charge is -2.00. The van der Waals surface area contributed by atoms with Crippen LogP contribution in [0.25, 0.3) is 0 Å². The molecule has 0 aromatic heterocycles. The van der Waals surface area contributed by atoms with Gasteiger partial charge in [-0.15, -0.1) is 0 Å². The summed E-state index contributed by atoms with van der Waals surface area (Å²) >= 11 is 1.35. The Morgan fingerprint density at radius 1 is 0.625 bits per heavy atom. The molecule has 0 saturated heterocycles. The van der Waals surface area contributed by atoms with Gasteiger partial charge in [-0.25, -0.2) is 0 Å². The number of unbranched alkanes of at least 4 members (excludes halogenated alkanes) is 10. The summed E-state index contributed by atoms with van der Waals surface area (Å²) in [5, 5.41) is 16.4. The molecule has 0 atom stereocenters. The highest BCUT2D eigenvalue weighted by atomic mass is 32.2. The maximum atomic E-state index is 9.97. The second-order valence-corrected chi connectivity index (χ2v) is 7.31. The fraction of sp³-hybridized carbons (Fsp3) is 0.895. The van der Waals surface area contributed by atoms with E-state index in [1.807, 2.05) is 0 Å². The maximum absolute atomic E-state index is 9.97. The topological polar surface area (TPSA) is 74.6 Å². The number of carboxylic acid groups (broad SMARTS) is 2. The zero-order chi connectivity index (χ0) is 18.5. The molecule has 0 rings (SSSR count). The van der Waals surface area contributed by atoms with Crippen molar-refractivity contribution in [1.82, 2.24) is 0 Å². The number of hydrogen-bond donors (Lipinski definition) is 2. The molecule has 144 valence electrons. The van der Waals surface area contributed by atoms with E-state index in [0.717, 1.165) is 0 Å². The summed E-state index contributed by atoms with van der Waals surface area (Å²) in [7, 11) is 0. The van der Waals surface area contributed by atoms with Gasteiger partial charge in [-0.1, -0.05) is 84.5 Å². The van der Waals surface area contributed by atoms with Crippen LogP contribution in [0.4, 0.5) is 0 Å². The first-order valence-corrected chi connectivity index (χ1v) is 10.7. The average Bonchev–Trinajstić information content (AvgIpc) is 2.53. The van der Waals surface area contributed by atoms with Crippen LogP contribution in [0.5, 0.6) is 0 Å². The molecule has 0 aromatic carbocycles. The van der Waals surface area contributed by atoms with E-state index in [0.29, 0.717) is 11.5 Å². The van der Waals surface area contributed by atoms with Gasteiger partial charge in [-0.3, -0.25) is 9.59 Å². The minimum atomic E-state index is -0.840. The van der Waals surface area contributed by atoms with E-state index in [2.05, 4.69) is 13.8 Å². The molecular weight excluding hydrogens is 324 g/mol. The maximum Gasteiger partial charge on any atom is 0.304 e. The third kappa shape index (κ3) is 29.3. The fourth-order valence-electron chi connectivity index (χ4n) is 2.16. The van der Waals surface area contributed by atoms with Crippen molar-refractivity contribution in [3.8, 4) is 0 Å². The third-order valence-corrected chi connectivity index (χ3v) is 4.61. The molecule has 5 heteroatoms.